The van der Waals surface area contributed by atoms with Crippen molar-refractivity contribution < 1.29 is 0 Å². The third-order valence-corrected chi connectivity index (χ3v) is 5.67. The lowest BCUT2D eigenvalue weighted by Gasteiger charge is -2.34. The minimum atomic E-state index is 0.737. The minimum absolute atomic E-state index is 0.737. The number of rotatable bonds is 4. The lowest BCUT2D eigenvalue weighted by molar-refractivity contribution is 0.414. The summed E-state index contributed by atoms with van der Waals surface area (Å²) < 4.78 is 0. The molecule has 0 saturated carbocycles. The fraction of sp³-hybridized carbons (Fsp3) is 0.625. The van der Waals surface area contributed by atoms with Crippen LogP contribution in [0.5, 0.6) is 0 Å². The smallest absolute Gasteiger partial charge is 0.0366 e. The normalized spacial score (nSPS) is 24.8. The molecule has 1 aromatic rings. The molecule has 2 saturated heterocycles. The van der Waals surface area contributed by atoms with E-state index in [-0.39, 0.29) is 0 Å². The van der Waals surface area contributed by atoms with E-state index >= 15 is 0 Å². The van der Waals surface area contributed by atoms with E-state index in [1.165, 1.54) is 56.8 Å². The van der Waals surface area contributed by atoms with Gasteiger partial charge >= 0.3 is 0 Å². The van der Waals surface area contributed by atoms with Crippen molar-refractivity contribution in [3.8, 4) is 0 Å². The van der Waals surface area contributed by atoms with Crippen LogP contribution in [0, 0.1) is 0 Å². The number of anilines is 1. The van der Waals surface area contributed by atoms with Crippen LogP contribution in [0.4, 0.5) is 5.69 Å². The van der Waals surface area contributed by atoms with Crippen molar-refractivity contribution in [1.29, 1.82) is 0 Å². The summed E-state index contributed by atoms with van der Waals surface area (Å²) in [5.41, 5.74) is 1.38. The van der Waals surface area contributed by atoms with Crippen molar-refractivity contribution in [2.75, 3.05) is 30.3 Å². The Kier molecular flexibility index (Phi) is 4.67. The Morgan fingerprint density at radius 2 is 1.89 bits per heavy atom. The second kappa shape index (κ2) is 6.67. The maximum Gasteiger partial charge on any atom is 0.0366 e. The van der Waals surface area contributed by atoms with Crippen LogP contribution < -0.4 is 10.2 Å². The Hall–Kier alpha value is -0.670. The van der Waals surface area contributed by atoms with Crippen molar-refractivity contribution >= 4 is 17.4 Å². The Morgan fingerprint density at radius 3 is 2.58 bits per heavy atom. The van der Waals surface area contributed by atoms with Crippen LogP contribution in [0.15, 0.2) is 30.3 Å². The first-order valence-electron chi connectivity index (χ1n) is 7.57. The number of nitrogens with one attached hydrogen (secondary N) is 1. The van der Waals surface area contributed by atoms with Gasteiger partial charge in [0.05, 0.1) is 0 Å². The monoisotopic (exact) mass is 276 g/mol. The predicted octanol–water partition coefficient (Wildman–Crippen LogP) is 3.14. The summed E-state index contributed by atoms with van der Waals surface area (Å²) >= 11 is 2.16. The van der Waals surface area contributed by atoms with Gasteiger partial charge in [0, 0.05) is 36.6 Å². The van der Waals surface area contributed by atoms with Gasteiger partial charge in [-0.3, -0.25) is 0 Å². The summed E-state index contributed by atoms with van der Waals surface area (Å²) in [5.74, 6) is 1.37. The van der Waals surface area contributed by atoms with E-state index in [1.54, 1.807) is 0 Å². The molecule has 0 bridgehead atoms. The molecule has 2 aliphatic rings. The SMILES string of the molecule is c1ccc(N2CCC(NCC3CCCS3)CC2)cc1. The molecule has 0 spiro atoms. The molecule has 2 fully saturated rings. The Bertz CT molecular complexity index is 368. The highest BCUT2D eigenvalue weighted by Crippen LogP contribution is 2.26. The lowest BCUT2D eigenvalue weighted by atomic mass is 10.0. The summed E-state index contributed by atoms with van der Waals surface area (Å²) in [6.07, 6.45) is 5.41. The first-order chi connectivity index (χ1) is 9.42. The molecule has 1 unspecified atom stereocenters. The number of hydrogen-bond donors (Lipinski definition) is 1. The number of benzene rings is 1. The standard InChI is InChI=1S/C16H24N2S/c1-2-5-15(6-3-1)18-10-8-14(9-11-18)17-13-16-7-4-12-19-16/h1-3,5-6,14,16-17H,4,7-13H2. The second-order valence-corrected chi connectivity index (χ2v) is 7.05. The number of piperidine rings is 1. The van der Waals surface area contributed by atoms with Crippen LogP contribution in [0.1, 0.15) is 25.7 Å². The zero-order chi connectivity index (χ0) is 12.9. The van der Waals surface area contributed by atoms with Crippen LogP contribution in [-0.2, 0) is 0 Å². The van der Waals surface area contributed by atoms with Crippen LogP contribution >= 0.6 is 11.8 Å². The van der Waals surface area contributed by atoms with Crippen molar-refractivity contribution in [2.24, 2.45) is 0 Å². The van der Waals surface area contributed by atoms with Gasteiger partial charge in [0.25, 0.3) is 0 Å². The molecule has 0 radical (unpaired) electrons. The average Bonchev–Trinajstić information content (AvgIpc) is 3.00. The maximum absolute atomic E-state index is 3.79. The molecular formula is C16H24N2S. The number of para-hydroxylation sites is 1. The van der Waals surface area contributed by atoms with Gasteiger partial charge in [-0.15, -0.1) is 0 Å². The van der Waals surface area contributed by atoms with Gasteiger partial charge in [-0.25, -0.2) is 0 Å². The van der Waals surface area contributed by atoms with E-state index in [0.29, 0.717) is 0 Å². The van der Waals surface area contributed by atoms with Gasteiger partial charge in [-0.1, -0.05) is 18.2 Å². The van der Waals surface area contributed by atoms with Crippen LogP contribution in [0.2, 0.25) is 0 Å². The van der Waals surface area contributed by atoms with Crippen molar-refractivity contribution in [3.05, 3.63) is 30.3 Å². The molecule has 2 heterocycles. The summed E-state index contributed by atoms with van der Waals surface area (Å²) in [5, 5.41) is 4.67. The molecule has 0 aromatic heterocycles. The molecular weight excluding hydrogens is 252 g/mol. The molecule has 1 aromatic carbocycles. The van der Waals surface area contributed by atoms with Crippen LogP contribution in [-0.4, -0.2) is 36.7 Å². The number of thioether (sulfide) groups is 1. The van der Waals surface area contributed by atoms with Gasteiger partial charge < -0.3 is 10.2 Å². The molecule has 3 heteroatoms. The average molecular weight is 276 g/mol. The molecule has 0 aliphatic carbocycles. The van der Waals surface area contributed by atoms with Gasteiger partial charge in [-0.2, -0.15) is 11.8 Å². The fourth-order valence-electron chi connectivity index (χ4n) is 3.08. The third kappa shape index (κ3) is 3.67. The molecule has 104 valence electrons. The van der Waals surface area contributed by atoms with Crippen molar-refractivity contribution in [2.45, 2.75) is 37.0 Å². The summed E-state index contributed by atoms with van der Waals surface area (Å²) in [6, 6.07) is 11.6. The summed E-state index contributed by atoms with van der Waals surface area (Å²) in [7, 11) is 0. The molecule has 2 aliphatic heterocycles. The predicted molar refractivity (Wildman–Crippen MR) is 85.2 cm³/mol. The van der Waals surface area contributed by atoms with Crippen LogP contribution in [0.3, 0.4) is 0 Å². The zero-order valence-electron chi connectivity index (χ0n) is 11.6. The summed E-state index contributed by atoms with van der Waals surface area (Å²) in [4.78, 5) is 2.52. The van der Waals surface area contributed by atoms with E-state index in [0.717, 1.165) is 11.3 Å². The second-order valence-electron chi connectivity index (χ2n) is 5.64. The first-order valence-corrected chi connectivity index (χ1v) is 8.62. The van der Waals surface area contributed by atoms with E-state index in [1.807, 2.05) is 0 Å². The van der Waals surface area contributed by atoms with Crippen LogP contribution in [0.25, 0.3) is 0 Å². The molecule has 1 N–H and O–H groups in total. The third-order valence-electron chi connectivity index (χ3n) is 4.27. The Balaban J connectivity index is 1.42. The highest BCUT2D eigenvalue weighted by molar-refractivity contribution is 8.00. The molecule has 1 atom stereocenters. The highest BCUT2D eigenvalue weighted by atomic mass is 32.2. The van der Waals surface area contributed by atoms with E-state index in [2.05, 4.69) is 52.3 Å². The largest absolute Gasteiger partial charge is 0.371 e. The van der Waals surface area contributed by atoms with Gasteiger partial charge in [0.2, 0.25) is 0 Å². The molecule has 0 amide bonds. The first kappa shape index (κ1) is 13.3. The number of nitrogens with zero attached hydrogens (tertiary/aromatic N) is 1. The summed E-state index contributed by atoms with van der Waals surface area (Å²) in [6.45, 7) is 3.61. The quantitative estimate of drug-likeness (QED) is 0.909. The van der Waals surface area contributed by atoms with Gasteiger partial charge in [0.15, 0.2) is 0 Å². The van der Waals surface area contributed by atoms with E-state index < -0.39 is 0 Å². The van der Waals surface area contributed by atoms with E-state index in [4.69, 9.17) is 0 Å². The maximum atomic E-state index is 3.79. The van der Waals surface area contributed by atoms with Crippen molar-refractivity contribution in [1.82, 2.24) is 5.32 Å². The van der Waals surface area contributed by atoms with Crippen molar-refractivity contribution in [3.63, 3.8) is 0 Å². The highest BCUT2D eigenvalue weighted by Gasteiger charge is 2.21. The Labute approximate surface area is 121 Å². The van der Waals surface area contributed by atoms with Gasteiger partial charge in [-0.05, 0) is 43.6 Å². The molecule has 19 heavy (non-hydrogen) atoms. The number of hydrogen-bond acceptors (Lipinski definition) is 3. The molecule has 2 nitrogen and oxygen atoms in total. The minimum Gasteiger partial charge on any atom is -0.371 e. The van der Waals surface area contributed by atoms with Gasteiger partial charge in [0.1, 0.15) is 0 Å². The van der Waals surface area contributed by atoms with E-state index in [9.17, 15) is 0 Å². The molecule has 3 rings (SSSR count). The lowest BCUT2D eigenvalue weighted by Crippen LogP contribution is -2.44. The topological polar surface area (TPSA) is 15.3 Å². The Morgan fingerprint density at radius 1 is 1.11 bits per heavy atom. The fourth-order valence-corrected chi connectivity index (χ4v) is 4.30. The zero-order valence-corrected chi connectivity index (χ0v) is 12.4.